The molecule has 0 aliphatic carbocycles. The van der Waals surface area contributed by atoms with Gasteiger partial charge in [-0.25, -0.2) is 4.39 Å². The molecule has 2 aliphatic rings. The van der Waals surface area contributed by atoms with E-state index in [2.05, 4.69) is 12.2 Å². The van der Waals surface area contributed by atoms with Crippen molar-refractivity contribution in [3.63, 3.8) is 0 Å². The minimum Gasteiger partial charge on any atom is -0.339 e. The number of carbonyl (C=O) groups is 1. The van der Waals surface area contributed by atoms with E-state index in [0.29, 0.717) is 11.8 Å². The Morgan fingerprint density at radius 1 is 1.32 bits per heavy atom. The first kappa shape index (κ1) is 17.2. The van der Waals surface area contributed by atoms with E-state index >= 15 is 0 Å². The smallest absolute Gasteiger partial charge is 0.226 e. The molecule has 3 atom stereocenters. The van der Waals surface area contributed by atoms with Crippen LogP contribution in [0.5, 0.6) is 0 Å². The molecule has 3 rings (SSSR count). The first-order valence-corrected chi connectivity index (χ1v) is 7.83. The molecule has 3 unspecified atom stereocenters. The lowest BCUT2D eigenvalue weighted by Gasteiger charge is -2.35. The first-order chi connectivity index (χ1) is 10.1. The fourth-order valence-electron chi connectivity index (χ4n) is 3.44. The van der Waals surface area contributed by atoms with Gasteiger partial charge in [-0.05, 0) is 50.0 Å². The van der Waals surface area contributed by atoms with E-state index in [9.17, 15) is 9.18 Å². The summed E-state index contributed by atoms with van der Waals surface area (Å²) in [4.78, 5) is 14.7. The molecule has 22 heavy (non-hydrogen) atoms. The quantitative estimate of drug-likeness (QED) is 0.926. The van der Waals surface area contributed by atoms with Crippen LogP contribution in [0.15, 0.2) is 24.3 Å². The lowest BCUT2D eigenvalue weighted by molar-refractivity contribution is -0.138. The van der Waals surface area contributed by atoms with Gasteiger partial charge in [0, 0.05) is 24.4 Å². The van der Waals surface area contributed by atoms with Crippen LogP contribution in [0.2, 0.25) is 0 Å². The summed E-state index contributed by atoms with van der Waals surface area (Å²) in [6, 6.07) is 6.98. The summed E-state index contributed by atoms with van der Waals surface area (Å²) < 4.78 is 13.0. The highest BCUT2D eigenvalue weighted by Crippen LogP contribution is 2.33. The summed E-state index contributed by atoms with van der Waals surface area (Å²) in [6.07, 6.45) is 0.965. The molecule has 1 aromatic rings. The molecule has 1 amide bonds. The van der Waals surface area contributed by atoms with E-state index in [1.807, 2.05) is 24.0 Å². The number of benzene rings is 1. The normalized spacial score (nSPS) is 26.2. The van der Waals surface area contributed by atoms with Crippen molar-refractivity contribution in [1.29, 1.82) is 0 Å². The molecule has 1 aromatic carbocycles. The average Bonchev–Trinajstić information content (AvgIpc) is 2.78. The Labute approximate surface area is 137 Å². The zero-order valence-corrected chi connectivity index (χ0v) is 13.9. The molecule has 5 heteroatoms. The molecule has 2 aliphatic heterocycles. The van der Waals surface area contributed by atoms with Gasteiger partial charge in [-0.2, -0.15) is 0 Å². The van der Waals surface area contributed by atoms with Gasteiger partial charge in [0.25, 0.3) is 0 Å². The molecule has 0 aromatic heterocycles. The maximum Gasteiger partial charge on any atom is 0.226 e. The van der Waals surface area contributed by atoms with Crippen molar-refractivity contribution in [2.45, 2.75) is 32.2 Å². The second kappa shape index (κ2) is 6.97. The van der Waals surface area contributed by atoms with Crippen molar-refractivity contribution in [1.82, 2.24) is 10.2 Å². The van der Waals surface area contributed by atoms with E-state index in [1.54, 1.807) is 0 Å². The van der Waals surface area contributed by atoms with Gasteiger partial charge in [0.15, 0.2) is 0 Å². The van der Waals surface area contributed by atoms with Crippen LogP contribution in [0.1, 0.15) is 31.7 Å². The van der Waals surface area contributed by atoms with Crippen LogP contribution in [-0.2, 0) is 4.79 Å². The van der Waals surface area contributed by atoms with Gasteiger partial charge in [0.1, 0.15) is 5.82 Å². The average molecular weight is 327 g/mol. The largest absolute Gasteiger partial charge is 0.339 e. The summed E-state index contributed by atoms with van der Waals surface area (Å²) >= 11 is 0. The number of hydrogen-bond acceptors (Lipinski definition) is 2. The number of rotatable bonds is 3. The van der Waals surface area contributed by atoms with E-state index < -0.39 is 0 Å². The predicted octanol–water partition coefficient (Wildman–Crippen LogP) is 2.81. The molecule has 2 saturated heterocycles. The van der Waals surface area contributed by atoms with Gasteiger partial charge >= 0.3 is 0 Å². The fourth-order valence-corrected chi connectivity index (χ4v) is 3.44. The number of halogens is 2. The Kier molecular flexibility index (Phi) is 5.45. The highest BCUT2D eigenvalue weighted by Gasteiger charge is 2.38. The molecule has 0 saturated carbocycles. The Hall–Kier alpha value is -1.13. The topological polar surface area (TPSA) is 32.3 Å². The van der Waals surface area contributed by atoms with Gasteiger partial charge in [0.2, 0.25) is 5.91 Å². The zero-order chi connectivity index (χ0) is 15.0. The van der Waals surface area contributed by atoms with Crippen LogP contribution in [-0.4, -0.2) is 36.5 Å². The summed E-state index contributed by atoms with van der Waals surface area (Å²) in [7, 11) is 0. The predicted molar refractivity (Wildman–Crippen MR) is 87.7 cm³/mol. The Balaban J connectivity index is 0.00000176. The SMILES string of the molecule is CC(C(=O)N1CC(c2ccc(F)cc2)CC1C)C1CNC1.Cl. The fraction of sp³-hybridized carbons (Fsp3) is 0.588. The lowest BCUT2D eigenvalue weighted by atomic mass is 9.88. The van der Waals surface area contributed by atoms with E-state index in [0.717, 1.165) is 31.6 Å². The van der Waals surface area contributed by atoms with Gasteiger partial charge < -0.3 is 10.2 Å². The van der Waals surface area contributed by atoms with Crippen molar-refractivity contribution in [3.05, 3.63) is 35.6 Å². The molecule has 122 valence electrons. The van der Waals surface area contributed by atoms with E-state index in [-0.39, 0.29) is 36.1 Å². The molecule has 3 nitrogen and oxygen atoms in total. The summed E-state index contributed by atoms with van der Waals surface area (Å²) in [5.41, 5.74) is 1.14. The highest BCUT2D eigenvalue weighted by atomic mass is 35.5. The minimum atomic E-state index is -0.205. The van der Waals surface area contributed by atoms with E-state index in [1.165, 1.54) is 12.1 Å². The second-order valence-corrected chi connectivity index (χ2v) is 6.53. The number of hydrogen-bond donors (Lipinski definition) is 1. The molecule has 0 spiro atoms. The molecular formula is C17H24ClFN2O. The van der Waals surface area contributed by atoms with Crippen LogP contribution in [0.4, 0.5) is 4.39 Å². The van der Waals surface area contributed by atoms with Gasteiger partial charge in [-0.3, -0.25) is 4.79 Å². The molecule has 2 heterocycles. The number of carbonyl (C=O) groups excluding carboxylic acids is 1. The molecule has 1 N–H and O–H groups in total. The summed E-state index contributed by atoms with van der Waals surface area (Å²) in [5.74, 6) is 0.981. The van der Waals surface area contributed by atoms with Crippen molar-refractivity contribution < 1.29 is 9.18 Å². The standard InChI is InChI=1S/C17H23FN2O.ClH/c1-11-7-14(13-3-5-16(18)6-4-13)10-20(11)17(21)12(2)15-8-19-9-15;/h3-6,11-12,14-15,19H,7-10H2,1-2H3;1H. The van der Waals surface area contributed by atoms with E-state index in [4.69, 9.17) is 0 Å². The van der Waals surface area contributed by atoms with Crippen LogP contribution < -0.4 is 5.32 Å². The number of nitrogens with one attached hydrogen (secondary N) is 1. The Bertz CT molecular complexity index is 518. The van der Waals surface area contributed by atoms with Crippen LogP contribution in [0.3, 0.4) is 0 Å². The van der Waals surface area contributed by atoms with Crippen LogP contribution in [0, 0.1) is 17.7 Å². The zero-order valence-electron chi connectivity index (χ0n) is 13.1. The monoisotopic (exact) mass is 326 g/mol. The van der Waals surface area contributed by atoms with Gasteiger partial charge in [-0.15, -0.1) is 12.4 Å². The van der Waals surface area contributed by atoms with Crippen LogP contribution >= 0.6 is 12.4 Å². The molecule has 0 radical (unpaired) electrons. The summed E-state index contributed by atoms with van der Waals surface area (Å²) in [6.45, 7) is 6.84. The number of nitrogens with zero attached hydrogens (tertiary/aromatic N) is 1. The maximum atomic E-state index is 13.0. The van der Waals surface area contributed by atoms with Crippen molar-refractivity contribution in [2.75, 3.05) is 19.6 Å². The highest BCUT2D eigenvalue weighted by molar-refractivity contribution is 5.85. The summed E-state index contributed by atoms with van der Waals surface area (Å²) in [5, 5.41) is 3.23. The van der Waals surface area contributed by atoms with Gasteiger partial charge in [-0.1, -0.05) is 19.1 Å². The third-order valence-corrected chi connectivity index (χ3v) is 5.11. The number of likely N-dealkylation sites (tertiary alicyclic amines) is 1. The van der Waals surface area contributed by atoms with Crippen molar-refractivity contribution in [2.24, 2.45) is 11.8 Å². The Morgan fingerprint density at radius 2 is 1.95 bits per heavy atom. The van der Waals surface area contributed by atoms with Crippen molar-refractivity contribution >= 4 is 18.3 Å². The van der Waals surface area contributed by atoms with Crippen LogP contribution in [0.25, 0.3) is 0 Å². The van der Waals surface area contributed by atoms with Gasteiger partial charge in [0.05, 0.1) is 0 Å². The third kappa shape index (κ3) is 3.28. The van der Waals surface area contributed by atoms with Crippen molar-refractivity contribution in [3.8, 4) is 0 Å². The molecular weight excluding hydrogens is 303 g/mol. The molecule has 0 bridgehead atoms. The Morgan fingerprint density at radius 3 is 2.50 bits per heavy atom. The lowest BCUT2D eigenvalue weighted by Crippen LogP contribution is -2.51. The minimum absolute atomic E-state index is 0. The number of amides is 1. The second-order valence-electron chi connectivity index (χ2n) is 6.53. The maximum absolute atomic E-state index is 13.0. The first-order valence-electron chi connectivity index (χ1n) is 7.83. The third-order valence-electron chi connectivity index (χ3n) is 5.11. The molecule has 2 fully saturated rings.